The van der Waals surface area contributed by atoms with Crippen LogP contribution in [-0.2, 0) is 0 Å². The molecule has 2 N–H and O–H groups in total. The number of hydrogen-bond acceptors (Lipinski definition) is 3. The van der Waals surface area contributed by atoms with Crippen LogP contribution in [0.4, 0.5) is 0 Å². The second-order valence-corrected chi connectivity index (χ2v) is 7.54. The summed E-state index contributed by atoms with van der Waals surface area (Å²) in [7, 11) is 0. The molecule has 28 heavy (non-hydrogen) atoms. The van der Waals surface area contributed by atoms with Gasteiger partial charge >= 0.3 is 0 Å². The van der Waals surface area contributed by atoms with Gasteiger partial charge in [-0.15, -0.1) is 0 Å². The first-order valence-electron chi connectivity index (χ1n) is 9.87. The summed E-state index contributed by atoms with van der Waals surface area (Å²) in [5.74, 6) is -0.0560. The van der Waals surface area contributed by atoms with E-state index < -0.39 is 0 Å². The largest absolute Gasteiger partial charge is 0.349 e. The van der Waals surface area contributed by atoms with Gasteiger partial charge < -0.3 is 10.6 Å². The van der Waals surface area contributed by atoms with Crippen LogP contribution in [0.15, 0.2) is 60.8 Å². The molecule has 2 heterocycles. The second kappa shape index (κ2) is 7.98. The van der Waals surface area contributed by atoms with Gasteiger partial charge in [0.15, 0.2) is 0 Å². The van der Waals surface area contributed by atoms with Crippen molar-refractivity contribution in [3.63, 3.8) is 0 Å². The lowest BCUT2D eigenvalue weighted by atomic mass is 9.99. The van der Waals surface area contributed by atoms with Gasteiger partial charge in [0.2, 0.25) is 0 Å². The standard InChI is InChI=1S/C23H26N4O/c1-16-8-6-7-11-20(16)22-21(15-27(26-22)19-9-4-3-5-10-19)23(28)25-18-12-13-24-17(2)14-18/h3-11,15,17-18,24H,12-14H2,1-2H3,(H,25,28). The predicted octanol–water partition coefficient (Wildman–Crippen LogP) is 3.72. The van der Waals surface area contributed by atoms with Gasteiger partial charge in [0.05, 0.1) is 11.3 Å². The van der Waals surface area contributed by atoms with Crippen LogP contribution in [0.5, 0.6) is 0 Å². The molecule has 1 fully saturated rings. The normalized spacial score (nSPS) is 19.4. The smallest absolute Gasteiger partial charge is 0.255 e. The Bertz CT molecular complexity index is 964. The zero-order valence-corrected chi connectivity index (χ0v) is 16.4. The van der Waals surface area contributed by atoms with Crippen molar-refractivity contribution < 1.29 is 4.79 Å². The summed E-state index contributed by atoms with van der Waals surface area (Å²) in [5.41, 5.74) is 4.36. The van der Waals surface area contributed by atoms with E-state index in [0.29, 0.717) is 11.6 Å². The van der Waals surface area contributed by atoms with Crippen LogP contribution in [0.25, 0.3) is 16.9 Å². The molecule has 5 nitrogen and oxygen atoms in total. The third-order valence-electron chi connectivity index (χ3n) is 5.34. The molecule has 0 radical (unpaired) electrons. The summed E-state index contributed by atoms with van der Waals surface area (Å²) in [5, 5.41) is 11.4. The Kier molecular flexibility index (Phi) is 5.26. The monoisotopic (exact) mass is 374 g/mol. The van der Waals surface area contributed by atoms with Crippen molar-refractivity contribution in [1.29, 1.82) is 0 Å². The third-order valence-corrected chi connectivity index (χ3v) is 5.34. The minimum Gasteiger partial charge on any atom is -0.349 e. The third kappa shape index (κ3) is 3.85. The lowest BCUT2D eigenvalue weighted by Crippen LogP contribution is -2.46. The Balaban J connectivity index is 1.71. The highest BCUT2D eigenvalue weighted by atomic mass is 16.1. The molecule has 0 aliphatic carbocycles. The van der Waals surface area contributed by atoms with Crippen LogP contribution in [0.2, 0.25) is 0 Å². The Morgan fingerprint density at radius 1 is 1.14 bits per heavy atom. The van der Waals surface area contributed by atoms with Crippen LogP contribution < -0.4 is 10.6 Å². The van der Waals surface area contributed by atoms with Crippen molar-refractivity contribution >= 4 is 5.91 Å². The summed E-state index contributed by atoms with van der Waals surface area (Å²) in [6.45, 7) is 5.14. The number of benzene rings is 2. The zero-order valence-electron chi connectivity index (χ0n) is 16.4. The molecule has 3 aromatic rings. The van der Waals surface area contributed by atoms with E-state index in [-0.39, 0.29) is 11.9 Å². The summed E-state index contributed by atoms with van der Waals surface area (Å²) in [6.07, 6.45) is 3.73. The predicted molar refractivity (Wildman–Crippen MR) is 112 cm³/mol. The molecule has 1 aliphatic rings. The molecule has 0 bridgehead atoms. The molecule has 2 aromatic carbocycles. The van der Waals surface area contributed by atoms with Crippen LogP contribution in [-0.4, -0.2) is 34.3 Å². The first kappa shape index (κ1) is 18.4. The number of rotatable bonds is 4. The van der Waals surface area contributed by atoms with E-state index in [4.69, 9.17) is 5.10 Å². The van der Waals surface area contributed by atoms with E-state index in [1.54, 1.807) is 4.68 Å². The van der Waals surface area contributed by atoms with Gasteiger partial charge in [0.25, 0.3) is 5.91 Å². The number of para-hydroxylation sites is 1. The van der Waals surface area contributed by atoms with E-state index in [0.717, 1.165) is 41.9 Å². The number of carbonyl (C=O) groups excluding carboxylic acids is 1. The molecular weight excluding hydrogens is 348 g/mol. The van der Waals surface area contributed by atoms with Gasteiger partial charge in [-0.3, -0.25) is 4.79 Å². The minimum absolute atomic E-state index is 0.0560. The Labute approximate surface area is 165 Å². The van der Waals surface area contributed by atoms with E-state index in [1.807, 2.05) is 67.7 Å². The molecule has 0 spiro atoms. The number of hydrogen-bond donors (Lipinski definition) is 2. The van der Waals surface area contributed by atoms with E-state index in [2.05, 4.69) is 17.6 Å². The number of amides is 1. The van der Waals surface area contributed by atoms with Crippen molar-refractivity contribution in [2.75, 3.05) is 6.54 Å². The second-order valence-electron chi connectivity index (χ2n) is 7.54. The molecule has 4 rings (SSSR count). The van der Waals surface area contributed by atoms with E-state index in [9.17, 15) is 4.79 Å². The maximum absolute atomic E-state index is 13.2. The fourth-order valence-electron chi connectivity index (χ4n) is 3.82. The molecule has 0 saturated carbocycles. The molecule has 1 saturated heterocycles. The van der Waals surface area contributed by atoms with Crippen LogP contribution in [0.3, 0.4) is 0 Å². The maximum Gasteiger partial charge on any atom is 0.255 e. The number of nitrogens with one attached hydrogen (secondary N) is 2. The van der Waals surface area contributed by atoms with Gasteiger partial charge in [-0.2, -0.15) is 5.10 Å². The first-order valence-corrected chi connectivity index (χ1v) is 9.87. The van der Waals surface area contributed by atoms with E-state index in [1.165, 1.54) is 0 Å². The van der Waals surface area contributed by atoms with Crippen molar-refractivity contribution in [2.24, 2.45) is 0 Å². The van der Waals surface area contributed by atoms with Crippen molar-refractivity contribution in [1.82, 2.24) is 20.4 Å². The summed E-state index contributed by atoms with van der Waals surface area (Å²) in [6, 6.07) is 18.6. The number of nitrogens with zero attached hydrogens (tertiary/aromatic N) is 2. The van der Waals surface area contributed by atoms with Gasteiger partial charge in [-0.25, -0.2) is 4.68 Å². The van der Waals surface area contributed by atoms with E-state index >= 15 is 0 Å². The zero-order chi connectivity index (χ0) is 19.5. The molecule has 1 aliphatic heterocycles. The van der Waals surface area contributed by atoms with Gasteiger partial charge in [-0.1, -0.05) is 42.5 Å². The topological polar surface area (TPSA) is 59.0 Å². The molecule has 144 valence electrons. The summed E-state index contributed by atoms with van der Waals surface area (Å²) in [4.78, 5) is 13.2. The minimum atomic E-state index is -0.0560. The lowest BCUT2D eigenvalue weighted by Gasteiger charge is -2.28. The quantitative estimate of drug-likeness (QED) is 0.732. The van der Waals surface area contributed by atoms with Crippen molar-refractivity contribution in [2.45, 2.75) is 38.8 Å². The highest BCUT2D eigenvalue weighted by Crippen LogP contribution is 2.27. The number of piperidine rings is 1. The van der Waals surface area contributed by atoms with Crippen molar-refractivity contribution in [3.05, 3.63) is 71.9 Å². The fourth-order valence-corrected chi connectivity index (χ4v) is 3.82. The van der Waals surface area contributed by atoms with Gasteiger partial charge in [0.1, 0.15) is 5.69 Å². The fraction of sp³-hybridized carbons (Fsp3) is 0.304. The summed E-state index contributed by atoms with van der Waals surface area (Å²) < 4.78 is 1.79. The number of aromatic nitrogens is 2. The van der Waals surface area contributed by atoms with Crippen LogP contribution in [0, 0.1) is 6.92 Å². The van der Waals surface area contributed by atoms with Gasteiger partial charge in [-0.05, 0) is 50.9 Å². The summed E-state index contributed by atoms with van der Waals surface area (Å²) >= 11 is 0. The van der Waals surface area contributed by atoms with Crippen LogP contribution in [0.1, 0.15) is 35.7 Å². The average molecular weight is 374 g/mol. The molecule has 1 amide bonds. The Morgan fingerprint density at radius 2 is 1.89 bits per heavy atom. The molecular formula is C23H26N4O. The lowest BCUT2D eigenvalue weighted by molar-refractivity contribution is 0.0926. The number of carbonyl (C=O) groups is 1. The highest BCUT2D eigenvalue weighted by molar-refractivity contribution is 6.00. The molecule has 2 atom stereocenters. The molecule has 5 heteroatoms. The van der Waals surface area contributed by atoms with Crippen molar-refractivity contribution in [3.8, 4) is 16.9 Å². The number of aryl methyl sites for hydroxylation is 1. The Hall–Kier alpha value is -2.92. The SMILES string of the molecule is Cc1ccccc1-c1nn(-c2ccccc2)cc1C(=O)NC1CCNC(C)C1. The highest BCUT2D eigenvalue weighted by Gasteiger charge is 2.24. The molecule has 2 unspecified atom stereocenters. The maximum atomic E-state index is 13.2. The Morgan fingerprint density at radius 3 is 2.64 bits per heavy atom. The first-order chi connectivity index (χ1) is 13.6. The average Bonchev–Trinajstić information content (AvgIpc) is 3.14. The van der Waals surface area contributed by atoms with Crippen LogP contribution >= 0.6 is 0 Å². The molecule has 1 aromatic heterocycles. The van der Waals surface area contributed by atoms with Gasteiger partial charge in [0, 0.05) is 23.8 Å².